The van der Waals surface area contributed by atoms with E-state index in [2.05, 4.69) is 11.0 Å². The number of hydrogen-bond acceptors (Lipinski definition) is 3. The molecule has 3 rings (SSSR count). The van der Waals surface area contributed by atoms with Crippen LogP contribution in [0.1, 0.15) is 44.1 Å². The van der Waals surface area contributed by atoms with Crippen LogP contribution in [-0.4, -0.2) is 29.7 Å². The van der Waals surface area contributed by atoms with Gasteiger partial charge in [-0.25, -0.2) is 0 Å². The first-order valence-electron chi connectivity index (χ1n) is 7.88. The average Bonchev–Trinajstić information content (AvgIpc) is 2.48. The number of piperidine rings is 1. The fraction of sp³-hybridized carbons (Fsp3) is 0.647. The van der Waals surface area contributed by atoms with E-state index in [4.69, 9.17) is 4.74 Å². The Morgan fingerprint density at radius 1 is 1.20 bits per heavy atom. The Bertz CT molecular complexity index is 458. The summed E-state index contributed by atoms with van der Waals surface area (Å²) in [6.07, 6.45) is 8.30. The molecule has 0 unspecified atom stereocenters. The molecule has 3 heteroatoms. The normalized spacial score (nSPS) is 27.1. The van der Waals surface area contributed by atoms with Crippen molar-refractivity contribution in [2.75, 3.05) is 13.7 Å². The van der Waals surface area contributed by atoms with Crippen LogP contribution >= 0.6 is 0 Å². The molecule has 1 aromatic rings. The minimum Gasteiger partial charge on any atom is -0.504 e. The lowest BCUT2D eigenvalue weighted by Crippen LogP contribution is -2.46. The zero-order valence-electron chi connectivity index (χ0n) is 12.3. The monoisotopic (exact) mass is 275 g/mol. The van der Waals surface area contributed by atoms with Crippen molar-refractivity contribution < 1.29 is 9.84 Å². The number of phenolic OH excluding ortho intramolecular Hbond substituents is 1. The summed E-state index contributed by atoms with van der Waals surface area (Å²) in [7, 11) is 1.59. The Morgan fingerprint density at radius 3 is 2.80 bits per heavy atom. The van der Waals surface area contributed by atoms with Gasteiger partial charge in [0.2, 0.25) is 0 Å². The molecule has 0 amide bonds. The minimum absolute atomic E-state index is 0.252. The SMILES string of the molecule is COc1ccc(CN2CCC[C@H]3CCCC[C@H]32)cc1O. The number of ether oxygens (including phenoxy) is 1. The third-order valence-corrected chi connectivity index (χ3v) is 4.99. The van der Waals surface area contributed by atoms with Gasteiger partial charge in [0.05, 0.1) is 7.11 Å². The van der Waals surface area contributed by atoms with E-state index in [1.165, 1.54) is 50.6 Å². The number of phenols is 1. The lowest BCUT2D eigenvalue weighted by molar-refractivity contribution is 0.0546. The van der Waals surface area contributed by atoms with Crippen molar-refractivity contribution >= 4 is 0 Å². The van der Waals surface area contributed by atoms with Crippen LogP contribution in [0, 0.1) is 5.92 Å². The van der Waals surface area contributed by atoms with E-state index in [9.17, 15) is 5.11 Å². The van der Waals surface area contributed by atoms with Crippen LogP contribution in [0.4, 0.5) is 0 Å². The van der Waals surface area contributed by atoms with Gasteiger partial charge >= 0.3 is 0 Å². The molecule has 1 saturated heterocycles. The predicted molar refractivity (Wildman–Crippen MR) is 80.0 cm³/mol. The number of fused-ring (bicyclic) bond motifs is 1. The molecule has 3 nitrogen and oxygen atoms in total. The zero-order chi connectivity index (χ0) is 13.9. The topological polar surface area (TPSA) is 32.7 Å². The van der Waals surface area contributed by atoms with E-state index >= 15 is 0 Å². The molecule has 0 radical (unpaired) electrons. The molecular formula is C17H25NO2. The minimum atomic E-state index is 0.252. The molecule has 1 aromatic carbocycles. The van der Waals surface area contributed by atoms with Gasteiger partial charge in [-0.05, 0) is 55.8 Å². The van der Waals surface area contributed by atoms with Gasteiger partial charge in [0.15, 0.2) is 11.5 Å². The van der Waals surface area contributed by atoms with Crippen molar-refractivity contribution in [1.82, 2.24) is 4.90 Å². The number of likely N-dealkylation sites (tertiary alicyclic amines) is 1. The van der Waals surface area contributed by atoms with E-state index < -0.39 is 0 Å². The van der Waals surface area contributed by atoms with Crippen molar-refractivity contribution in [3.05, 3.63) is 23.8 Å². The molecule has 2 atom stereocenters. The fourth-order valence-corrected chi connectivity index (χ4v) is 3.99. The maximum absolute atomic E-state index is 9.91. The number of rotatable bonds is 3. The maximum Gasteiger partial charge on any atom is 0.160 e. The summed E-state index contributed by atoms with van der Waals surface area (Å²) >= 11 is 0. The Morgan fingerprint density at radius 2 is 2.00 bits per heavy atom. The third-order valence-electron chi connectivity index (χ3n) is 4.99. The van der Waals surface area contributed by atoms with Crippen molar-refractivity contribution in [1.29, 1.82) is 0 Å². The third kappa shape index (κ3) is 2.78. The highest BCUT2D eigenvalue weighted by molar-refractivity contribution is 5.41. The van der Waals surface area contributed by atoms with Crippen LogP contribution in [0.3, 0.4) is 0 Å². The van der Waals surface area contributed by atoms with Gasteiger partial charge in [0.1, 0.15) is 0 Å². The van der Waals surface area contributed by atoms with E-state index in [1.807, 2.05) is 12.1 Å². The first kappa shape index (κ1) is 13.7. The summed E-state index contributed by atoms with van der Waals surface area (Å²) in [5.41, 5.74) is 1.19. The highest BCUT2D eigenvalue weighted by Crippen LogP contribution is 2.36. The molecule has 0 spiro atoms. The summed E-state index contributed by atoms with van der Waals surface area (Å²) in [5.74, 6) is 1.72. The molecular weight excluding hydrogens is 250 g/mol. The summed E-state index contributed by atoms with van der Waals surface area (Å²) in [6, 6.07) is 6.56. The van der Waals surface area contributed by atoms with Gasteiger partial charge in [-0.2, -0.15) is 0 Å². The Labute approximate surface area is 121 Å². The number of aromatic hydroxyl groups is 1. The Balaban J connectivity index is 1.71. The van der Waals surface area contributed by atoms with Gasteiger partial charge in [0, 0.05) is 12.6 Å². The largest absolute Gasteiger partial charge is 0.504 e. The summed E-state index contributed by atoms with van der Waals surface area (Å²) < 4.78 is 5.11. The second-order valence-corrected chi connectivity index (χ2v) is 6.23. The Kier molecular flexibility index (Phi) is 4.16. The average molecular weight is 275 g/mol. The van der Waals surface area contributed by atoms with Crippen molar-refractivity contribution in [3.63, 3.8) is 0 Å². The number of hydrogen-bond donors (Lipinski definition) is 1. The molecule has 1 aliphatic carbocycles. The summed E-state index contributed by atoms with van der Waals surface area (Å²) in [4.78, 5) is 2.63. The molecule has 2 aliphatic rings. The fourth-order valence-electron chi connectivity index (χ4n) is 3.99. The van der Waals surface area contributed by atoms with Gasteiger partial charge < -0.3 is 9.84 Å². The van der Waals surface area contributed by atoms with Crippen LogP contribution in [-0.2, 0) is 6.54 Å². The van der Waals surface area contributed by atoms with E-state index in [-0.39, 0.29) is 5.75 Å². The van der Waals surface area contributed by atoms with E-state index in [0.29, 0.717) is 5.75 Å². The molecule has 20 heavy (non-hydrogen) atoms. The highest BCUT2D eigenvalue weighted by atomic mass is 16.5. The molecule has 0 bridgehead atoms. The highest BCUT2D eigenvalue weighted by Gasteiger charge is 2.32. The van der Waals surface area contributed by atoms with Gasteiger partial charge in [-0.3, -0.25) is 4.90 Å². The molecule has 1 heterocycles. The lowest BCUT2D eigenvalue weighted by atomic mass is 9.78. The van der Waals surface area contributed by atoms with Crippen molar-refractivity contribution in [2.45, 2.75) is 51.1 Å². The van der Waals surface area contributed by atoms with Crippen LogP contribution in [0.25, 0.3) is 0 Å². The first-order chi connectivity index (χ1) is 9.78. The quantitative estimate of drug-likeness (QED) is 0.915. The van der Waals surface area contributed by atoms with Crippen molar-refractivity contribution in [2.24, 2.45) is 5.92 Å². The molecule has 1 saturated carbocycles. The molecule has 2 fully saturated rings. The number of methoxy groups -OCH3 is 1. The predicted octanol–water partition coefficient (Wildman–Crippen LogP) is 3.56. The standard InChI is InChI=1S/C17H25NO2/c1-20-17-9-8-13(11-16(17)19)12-18-10-4-6-14-5-2-3-7-15(14)18/h8-9,11,14-15,19H,2-7,10,12H2,1H3/t14-,15-/m1/s1. The second kappa shape index (κ2) is 6.04. The van der Waals surface area contributed by atoms with Gasteiger partial charge in [-0.1, -0.05) is 18.9 Å². The lowest BCUT2D eigenvalue weighted by Gasteiger charge is -2.44. The van der Waals surface area contributed by atoms with E-state index in [1.54, 1.807) is 7.11 Å². The van der Waals surface area contributed by atoms with Crippen LogP contribution in [0.2, 0.25) is 0 Å². The molecule has 1 aliphatic heterocycles. The number of nitrogens with zero attached hydrogens (tertiary/aromatic N) is 1. The number of benzene rings is 1. The van der Waals surface area contributed by atoms with E-state index in [0.717, 1.165) is 18.5 Å². The molecule has 0 aromatic heterocycles. The van der Waals surface area contributed by atoms with Gasteiger partial charge in [0.25, 0.3) is 0 Å². The summed E-state index contributed by atoms with van der Waals surface area (Å²) in [6.45, 7) is 2.16. The Hall–Kier alpha value is -1.22. The molecule has 1 N–H and O–H groups in total. The van der Waals surface area contributed by atoms with Crippen molar-refractivity contribution in [3.8, 4) is 11.5 Å². The van der Waals surface area contributed by atoms with Crippen LogP contribution in [0.15, 0.2) is 18.2 Å². The van der Waals surface area contributed by atoms with Gasteiger partial charge in [-0.15, -0.1) is 0 Å². The smallest absolute Gasteiger partial charge is 0.160 e. The maximum atomic E-state index is 9.91. The zero-order valence-corrected chi connectivity index (χ0v) is 12.3. The second-order valence-electron chi connectivity index (χ2n) is 6.23. The summed E-state index contributed by atoms with van der Waals surface area (Å²) in [5, 5.41) is 9.91. The first-order valence-corrected chi connectivity index (χ1v) is 7.88. The van der Waals surface area contributed by atoms with Crippen LogP contribution in [0.5, 0.6) is 11.5 Å². The van der Waals surface area contributed by atoms with Crippen LogP contribution < -0.4 is 4.74 Å². The molecule has 110 valence electrons.